The van der Waals surface area contributed by atoms with Gasteiger partial charge < -0.3 is 22.6 Å². The Kier molecular flexibility index (Phi) is 7.24. The van der Waals surface area contributed by atoms with Crippen molar-refractivity contribution in [2.45, 2.75) is 0 Å². The predicted molar refractivity (Wildman–Crippen MR) is 57.8 cm³/mol. The summed E-state index contributed by atoms with van der Waals surface area (Å²) in [4.78, 5) is 0. The van der Waals surface area contributed by atoms with Gasteiger partial charge in [-0.15, -0.1) is 6.42 Å². The summed E-state index contributed by atoms with van der Waals surface area (Å²) in [7, 11) is 0. The minimum atomic E-state index is 0. The molecular weight excluding hydrogens is 234 g/mol. The second-order valence-electron chi connectivity index (χ2n) is 2.23. The van der Waals surface area contributed by atoms with Gasteiger partial charge in [-0.2, -0.15) is 0 Å². The largest absolute Gasteiger partial charge is 1.00 e. The lowest BCUT2D eigenvalue weighted by Crippen LogP contribution is -3.00. The van der Waals surface area contributed by atoms with E-state index in [2.05, 4.69) is 16.1 Å². The number of furan rings is 1. The summed E-state index contributed by atoms with van der Waals surface area (Å²) in [5.41, 5.74) is 5.50. The zero-order valence-corrected chi connectivity index (χ0v) is 9.39. The minimum absolute atomic E-state index is 0. The van der Waals surface area contributed by atoms with Crippen LogP contribution in [-0.2, 0) is 0 Å². The molecular formula is C9H10ClN3OS. The summed E-state index contributed by atoms with van der Waals surface area (Å²) < 4.78 is 5.03. The number of hydrogen-bond donors (Lipinski definition) is 2. The van der Waals surface area contributed by atoms with E-state index in [1.807, 2.05) is 0 Å². The highest BCUT2D eigenvalue weighted by Gasteiger charge is 1.94. The van der Waals surface area contributed by atoms with E-state index in [-0.39, 0.29) is 12.4 Å². The van der Waals surface area contributed by atoms with Crippen molar-refractivity contribution >= 4 is 23.1 Å². The quantitative estimate of drug-likeness (QED) is 0.249. The highest BCUT2D eigenvalue weighted by atomic mass is 35.5. The van der Waals surface area contributed by atoms with Crippen molar-refractivity contribution in [3.8, 4) is 12.3 Å². The topological polar surface area (TPSA) is 65.5 Å². The Labute approximate surface area is 98.4 Å². The molecule has 0 saturated carbocycles. The van der Waals surface area contributed by atoms with Gasteiger partial charge in [0.05, 0.1) is 12.0 Å². The van der Waals surface area contributed by atoms with E-state index >= 15 is 0 Å². The number of thioether (sulfide) groups is 1. The Bertz CT molecular complexity index is 367. The second-order valence-corrected chi connectivity index (χ2v) is 3.23. The van der Waals surface area contributed by atoms with Crippen LogP contribution in [0.5, 0.6) is 0 Å². The van der Waals surface area contributed by atoms with Gasteiger partial charge in [0.1, 0.15) is 0 Å². The SMILES string of the molecule is C#CCS/C(N)=N\[NH+]=C\c1ccco1.[Cl-]. The predicted octanol–water partition coefficient (Wildman–Crippen LogP) is -3.62. The highest BCUT2D eigenvalue weighted by Crippen LogP contribution is 1.95. The van der Waals surface area contributed by atoms with E-state index in [4.69, 9.17) is 16.6 Å². The Morgan fingerprint density at radius 1 is 1.80 bits per heavy atom. The van der Waals surface area contributed by atoms with Crippen molar-refractivity contribution in [1.82, 2.24) is 0 Å². The minimum Gasteiger partial charge on any atom is -1.00 e. The zero-order valence-electron chi connectivity index (χ0n) is 7.81. The Morgan fingerprint density at radius 2 is 2.60 bits per heavy atom. The summed E-state index contributed by atoms with van der Waals surface area (Å²) in [6.45, 7) is 0. The second kappa shape index (κ2) is 7.97. The van der Waals surface area contributed by atoms with Crippen LogP contribution in [0.25, 0.3) is 0 Å². The molecule has 0 amide bonds. The maximum atomic E-state index is 5.50. The maximum absolute atomic E-state index is 5.50. The third-order valence-electron chi connectivity index (χ3n) is 1.23. The average molecular weight is 244 g/mol. The number of amidine groups is 1. The standard InChI is InChI=1S/C9H9N3OS.ClH/c1-2-6-14-9(10)12-11-7-8-4-3-5-13-8;/h1,3-5,7H,6H2,(H2,10,12);1H/b11-7+;. The van der Waals surface area contributed by atoms with Gasteiger partial charge in [-0.25, -0.2) is 0 Å². The summed E-state index contributed by atoms with van der Waals surface area (Å²) in [5.74, 6) is 3.64. The molecule has 80 valence electrons. The number of nitrogens with two attached hydrogens (primary N) is 1. The normalized spacial score (nSPS) is 11.0. The van der Waals surface area contributed by atoms with E-state index in [9.17, 15) is 0 Å². The average Bonchev–Trinajstić information content (AvgIpc) is 2.67. The molecule has 0 aromatic carbocycles. The van der Waals surface area contributed by atoms with Crippen LogP contribution in [0.2, 0.25) is 0 Å². The molecule has 0 fully saturated rings. The molecule has 1 rings (SSSR count). The van der Waals surface area contributed by atoms with Gasteiger partial charge in [0.25, 0.3) is 0 Å². The smallest absolute Gasteiger partial charge is 0.236 e. The lowest BCUT2D eigenvalue weighted by Gasteiger charge is -1.86. The van der Waals surface area contributed by atoms with E-state index in [1.54, 1.807) is 24.6 Å². The zero-order chi connectivity index (χ0) is 10.2. The van der Waals surface area contributed by atoms with Gasteiger partial charge in [-0.3, -0.25) is 0 Å². The van der Waals surface area contributed by atoms with Crippen LogP contribution in [0.3, 0.4) is 0 Å². The van der Waals surface area contributed by atoms with Crippen molar-refractivity contribution in [3.63, 3.8) is 0 Å². The summed E-state index contributed by atoms with van der Waals surface area (Å²) in [6.07, 6.45) is 8.24. The molecule has 0 saturated heterocycles. The molecule has 0 spiro atoms. The summed E-state index contributed by atoms with van der Waals surface area (Å²) in [5, 5.41) is 6.88. The molecule has 0 aliphatic rings. The fourth-order valence-corrected chi connectivity index (χ4v) is 1.03. The first-order valence-corrected chi connectivity index (χ1v) is 4.83. The van der Waals surface area contributed by atoms with Crippen LogP contribution in [0.15, 0.2) is 27.9 Å². The van der Waals surface area contributed by atoms with Crippen molar-refractivity contribution < 1.29 is 21.9 Å². The molecule has 6 heteroatoms. The Morgan fingerprint density at radius 3 is 3.20 bits per heavy atom. The van der Waals surface area contributed by atoms with Crippen molar-refractivity contribution in [3.05, 3.63) is 24.2 Å². The van der Waals surface area contributed by atoms with Crippen molar-refractivity contribution in [1.29, 1.82) is 0 Å². The van der Waals surface area contributed by atoms with Crippen LogP contribution in [0.4, 0.5) is 0 Å². The van der Waals surface area contributed by atoms with Crippen LogP contribution >= 0.6 is 11.8 Å². The fourth-order valence-electron chi connectivity index (χ4n) is 0.681. The van der Waals surface area contributed by atoms with Crippen LogP contribution in [0, 0.1) is 12.3 Å². The lowest BCUT2D eigenvalue weighted by molar-refractivity contribution is -0.456. The number of rotatable bonds is 3. The van der Waals surface area contributed by atoms with E-state index in [1.165, 1.54) is 11.8 Å². The van der Waals surface area contributed by atoms with Crippen LogP contribution in [-0.4, -0.2) is 17.1 Å². The molecule has 1 aromatic rings. The van der Waals surface area contributed by atoms with Gasteiger partial charge in [0.2, 0.25) is 11.4 Å². The first-order valence-electron chi connectivity index (χ1n) is 3.84. The van der Waals surface area contributed by atoms with Gasteiger partial charge in [0, 0.05) is 5.10 Å². The molecule has 3 N–H and O–H groups in total. The molecule has 0 aliphatic heterocycles. The van der Waals surface area contributed by atoms with Gasteiger partial charge in [-0.05, 0) is 12.1 Å². The number of hydrogen-bond acceptors (Lipinski definition) is 3. The molecule has 1 aromatic heterocycles. The highest BCUT2D eigenvalue weighted by molar-refractivity contribution is 8.13. The van der Waals surface area contributed by atoms with E-state index < -0.39 is 0 Å². The number of terminal acetylenes is 1. The Balaban J connectivity index is 0.00000196. The molecule has 0 unspecified atom stereocenters. The maximum Gasteiger partial charge on any atom is 0.236 e. The van der Waals surface area contributed by atoms with Crippen molar-refractivity contribution in [2.24, 2.45) is 10.8 Å². The molecule has 15 heavy (non-hydrogen) atoms. The van der Waals surface area contributed by atoms with E-state index in [0.29, 0.717) is 16.7 Å². The number of nitrogens with zero attached hydrogens (tertiary/aromatic N) is 1. The van der Waals surface area contributed by atoms with E-state index in [0.717, 1.165) is 0 Å². The van der Waals surface area contributed by atoms with Crippen molar-refractivity contribution in [2.75, 3.05) is 5.75 Å². The van der Waals surface area contributed by atoms with Gasteiger partial charge in [0.15, 0.2) is 5.76 Å². The first-order chi connectivity index (χ1) is 6.83. The van der Waals surface area contributed by atoms with Gasteiger partial charge in [-0.1, -0.05) is 22.8 Å². The molecule has 0 atom stereocenters. The molecule has 0 radical (unpaired) electrons. The Hall–Kier alpha value is -1.38. The summed E-state index contributed by atoms with van der Waals surface area (Å²) >= 11 is 1.29. The number of nitrogens with one attached hydrogen (secondary N) is 1. The monoisotopic (exact) mass is 243 g/mol. The van der Waals surface area contributed by atoms with Crippen LogP contribution < -0.4 is 23.2 Å². The number of hydrazone groups is 1. The number of halogens is 1. The third-order valence-corrected chi connectivity index (χ3v) is 1.93. The molecule has 1 heterocycles. The molecule has 4 nitrogen and oxygen atoms in total. The van der Waals surface area contributed by atoms with Gasteiger partial charge >= 0.3 is 0 Å². The molecule has 0 bridgehead atoms. The fraction of sp³-hybridized carbons (Fsp3) is 0.111. The first kappa shape index (κ1) is 13.6. The summed E-state index contributed by atoms with van der Waals surface area (Å²) in [6, 6.07) is 3.58. The lowest BCUT2D eigenvalue weighted by atomic mass is 10.5. The third kappa shape index (κ3) is 5.83. The molecule has 0 aliphatic carbocycles. The van der Waals surface area contributed by atoms with Crippen LogP contribution in [0.1, 0.15) is 5.76 Å².